The fourth-order valence-corrected chi connectivity index (χ4v) is 4.50. The molecule has 4 rings (SSSR count). The molecule has 2 amide bonds. The van der Waals surface area contributed by atoms with Crippen LogP contribution in [0.1, 0.15) is 21.5 Å². The predicted molar refractivity (Wildman–Crippen MR) is 145 cm³/mol. The molecule has 0 aliphatic carbocycles. The highest BCUT2D eigenvalue weighted by Crippen LogP contribution is 2.27. The minimum Gasteiger partial charge on any atom is -0.488 e. The molecule has 1 fully saturated rings. The Morgan fingerprint density at radius 3 is 2.60 bits per heavy atom. The van der Waals surface area contributed by atoms with Crippen molar-refractivity contribution >= 4 is 81.1 Å². The van der Waals surface area contributed by atoms with Crippen LogP contribution in [-0.4, -0.2) is 28.0 Å². The van der Waals surface area contributed by atoms with E-state index in [0.29, 0.717) is 22.9 Å². The second kappa shape index (κ2) is 10.5. The second-order valence-corrected chi connectivity index (χ2v) is 9.34. The average Bonchev–Trinajstić information content (AvgIpc) is 2.82. The Hall–Kier alpha value is -3.28. The molecule has 0 bridgehead atoms. The number of carboxylic acid groups (broad SMARTS) is 1. The highest BCUT2D eigenvalue weighted by molar-refractivity contribution is 14.1. The van der Waals surface area contributed by atoms with E-state index in [2.05, 4.69) is 27.9 Å². The number of nitrogens with one attached hydrogen (secondary N) is 1. The largest absolute Gasteiger partial charge is 0.488 e. The van der Waals surface area contributed by atoms with E-state index in [-0.39, 0.29) is 21.9 Å². The molecule has 1 aliphatic heterocycles. The highest BCUT2D eigenvalue weighted by atomic mass is 127. The van der Waals surface area contributed by atoms with Gasteiger partial charge in [0.2, 0.25) is 0 Å². The van der Waals surface area contributed by atoms with Crippen LogP contribution in [0.15, 0.2) is 72.3 Å². The molecule has 1 aliphatic rings. The highest BCUT2D eigenvalue weighted by Gasteiger charge is 2.34. The first-order valence-electron chi connectivity index (χ1n) is 10.1. The summed E-state index contributed by atoms with van der Waals surface area (Å²) in [5.41, 5.74) is 1.54. The fraction of sp³-hybridized carbons (Fsp3) is 0.0400. The molecule has 3 aromatic rings. The molecule has 7 nitrogen and oxygen atoms in total. The van der Waals surface area contributed by atoms with Crippen LogP contribution in [0.25, 0.3) is 6.08 Å². The van der Waals surface area contributed by atoms with Crippen molar-refractivity contribution in [2.75, 3.05) is 4.90 Å². The van der Waals surface area contributed by atoms with Crippen LogP contribution < -0.4 is 15.0 Å². The number of rotatable bonds is 6. The zero-order chi connectivity index (χ0) is 25.1. The normalized spacial score (nSPS) is 14.7. The van der Waals surface area contributed by atoms with Gasteiger partial charge in [0, 0.05) is 10.6 Å². The molecule has 0 atom stereocenters. The molecule has 35 heavy (non-hydrogen) atoms. The zero-order valence-corrected chi connectivity index (χ0v) is 21.6. The Morgan fingerprint density at radius 2 is 1.89 bits per heavy atom. The van der Waals surface area contributed by atoms with E-state index in [1.54, 1.807) is 30.3 Å². The van der Waals surface area contributed by atoms with Crippen molar-refractivity contribution in [1.82, 2.24) is 5.32 Å². The van der Waals surface area contributed by atoms with E-state index in [0.717, 1.165) is 14.0 Å². The molecule has 0 unspecified atom stereocenters. The van der Waals surface area contributed by atoms with E-state index in [4.69, 9.17) is 28.6 Å². The molecule has 3 aromatic carbocycles. The molecule has 1 saturated heterocycles. The molecule has 0 radical (unpaired) electrons. The second-order valence-electron chi connectivity index (χ2n) is 7.38. The Morgan fingerprint density at radius 1 is 1.11 bits per heavy atom. The maximum atomic E-state index is 13.2. The van der Waals surface area contributed by atoms with Gasteiger partial charge in [0.25, 0.3) is 11.8 Å². The van der Waals surface area contributed by atoms with Crippen LogP contribution in [0.2, 0.25) is 5.02 Å². The molecule has 0 saturated carbocycles. The van der Waals surface area contributed by atoms with Gasteiger partial charge in [0.1, 0.15) is 17.9 Å². The predicted octanol–water partition coefficient (Wildman–Crippen LogP) is 5.05. The summed E-state index contributed by atoms with van der Waals surface area (Å²) in [4.78, 5) is 38.2. The molecular weight excluding hydrogens is 603 g/mol. The average molecular weight is 619 g/mol. The van der Waals surface area contributed by atoms with Crippen molar-refractivity contribution in [3.63, 3.8) is 0 Å². The smallest absolute Gasteiger partial charge is 0.335 e. The van der Waals surface area contributed by atoms with Gasteiger partial charge in [-0.3, -0.25) is 19.8 Å². The number of halogens is 2. The topological polar surface area (TPSA) is 95.9 Å². The monoisotopic (exact) mass is 618 g/mol. The third kappa shape index (κ3) is 5.53. The molecule has 2 N–H and O–H groups in total. The van der Waals surface area contributed by atoms with Gasteiger partial charge in [-0.25, -0.2) is 4.79 Å². The number of benzene rings is 3. The van der Waals surface area contributed by atoms with Crippen molar-refractivity contribution in [1.29, 1.82) is 0 Å². The van der Waals surface area contributed by atoms with Crippen LogP contribution in [0.4, 0.5) is 5.69 Å². The number of hydrogen-bond donors (Lipinski definition) is 2. The number of aromatic carboxylic acids is 1. The summed E-state index contributed by atoms with van der Waals surface area (Å²) in [5.74, 6) is -1.82. The molecule has 10 heteroatoms. The quantitative estimate of drug-likeness (QED) is 0.174. The van der Waals surface area contributed by atoms with E-state index in [1.165, 1.54) is 24.3 Å². The zero-order valence-electron chi connectivity index (χ0n) is 17.8. The number of nitrogens with zero attached hydrogens (tertiary/aromatic N) is 1. The third-order valence-electron chi connectivity index (χ3n) is 5.06. The number of amides is 2. The summed E-state index contributed by atoms with van der Waals surface area (Å²) in [6, 6.07) is 18.4. The van der Waals surface area contributed by atoms with Crippen LogP contribution in [0.3, 0.4) is 0 Å². The molecule has 176 valence electrons. The van der Waals surface area contributed by atoms with Crippen LogP contribution in [-0.2, 0) is 16.2 Å². The van der Waals surface area contributed by atoms with Gasteiger partial charge < -0.3 is 9.84 Å². The molecular formula is C25H16ClIN2O5S. The van der Waals surface area contributed by atoms with E-state index in [9.17, 15) is 19.5 Å². The third-order valence-corrected chi connectivity index (χ3v) is 6.56. The van der Waals surface area contributed by atoms with Crippen molar-refractivity contribution < 1.29 is 24.2 Å². The summed E-state index contributed by atoms with van der Waals surface area (Å²) in [7, 11) is 0. The Bertz CT molecular complexity index is 1410. The van der Waals surface area contributed by atoms with Gasteiger partial charge in [-0.2, -0.15) is 0 Å². The van der Waals surface area contributed by atoms with Crippen molar-refractivity contribution in [2.24, 2.45) is 0 Å². The Kier molecular flexibility index (Phi) is 7.48. The molecule has 1 heterocycles. The maximum Gasteiger partial charge on any atom is 0.335 e. The lowest BCUT2D eigenvalue weighted by molar-refractivity contribution is -0.122. The number of carboxylic acids is 1. The van der Waals surface area contributed by atoms with Crippen LogP contribution in [0, 0.1) is 3.57 Å². The van der Waals surface area contributed by atoms with E-state index in [1.807, 2.05) is 18.2 Å². The summed E-state index contributed by atoms with van der Waals surface area (Å²) >= 11 is 13.5. The van der Waals surface area contributed by atoms with Crippen molar-refractivity contribution in [3.05, 3.63) is 97.6 Å². The van der Waals surface area contributed by atoms with Gasteiger partial charge in [-0.05, 0) is 82.8 Å². The summed E-state index contributed by atoms with van der Waals surface area (Å²) in [6.45, 7) is 0.290. The Balaban J connectivity index is 1.58. The first-order valence-corrected chi connectivity index (χ1v) is 12.0. The lowest BCUT2D eigenvalue weighted by Gasteiger charge is -2.29. The lowest BCUT2D eigenvalue weighted by atomic mass is 10.1. The van der Waals surface area contributed by atoms with E-state index < -0.39 is 17.8 Å². The number of thiocarbonyl (C=S) groups is 1. The number of anilines is 1. The first kappa shape index (κ1) is 24.8. The molecule has 0 aromatic heterocycles. The van der Waals surface area contributed by atoms with Gasteiger partial charge in [0.15, 0.2) is 5.11 Å². The summed E-state index contributed by atoms with van der Waals surface area (Å²) in [5, 5.41) is 12.2. The van der Waals surface area contributed by atoms with Gasteiger partial charge >= 0.3 is 5.97 Å². The van der Waals surface area contributed by atoms with Crippen LogP contribution in [0.5, 0.6) is 5.75 Å². The summed E-state index contributed by atoms with van der Waals surface area (Å²) in [6.07, 6.45) is 1.45. The Labute approximate surface area is 224 Å². The SMILES string of the molecule is O=C1NC(=S)N(c2cccc(C(=O)O)c2)C(=O)C1=Cc1ccc(OCc2ccccc2Cl)c(I)c1. The standard InChI is InChI=1S/C25H16ClIN2O5S/c26-19-7-2-1-4-16(19)13-34-21-9-8-14(11-20(21)27)10-18-22(30)28-25(35)29(23(18)31)17-6-3-5-15(12-17)24(32)33/h1-12H,13H2,(H,32,33)(H,28,30,35). The van der Waals surface area contributed by atoms with Crippen molar-refractivity contribution in [3.8, 4) is 5.75 Å². The number of carbonyl (C=O) groups is 3. The minimum absolute atomic E-state index is 0.0116. The lowest BCUT2D eigenvalue weighted by Crippen LogP contribution is -2.54. The van der Waals surface area contributed by atoms with Gasteiger partial charge in [0.05, 0.1) is 14.8 Å². The molecule has 0 spiro atoms. The summed E-state index contributed by atoms with van der Waals surface area (Å²) < 4.78 is 6.65. The van der Waals surface area contributed by atoms with Crippen molar-refractivity contribution in [2.45, 2.75) is 6.61 Å². The van der Waals surface area contributed by atoms with Crippen LogP contribution >= 0.6 is 46.4 Å². The maximum absolute atomic E-state index is 13.2. The van der Waals surface area contributed by atoms with E-state index >= 15 is 0 Å². The number of hydrogen-bond acceptors (Lipinski definition) is 5. The minimum atomic E-state index is -1.14. The fourth-order valence-electron chi connectivity index (χ4n) is 3.33. The first-order chi connectivity index (χ1) is 16.7. The number of ether oxygens (including phenoxy) is 1. The van der Waals surface area contributed by atoms with Gasteiger partial charge in [-0.15, -0.1) is 0 Å². The van der Waals surface area contributed by atoms with Gasteiger partial charge in [-0.1, -0.05) is 41.9 Å². The number of carbonyl (C=O) groups excluding carboxylic acids is 2.